The number of benzene rings is 1. The monoisotopic (exact) mass is 406 g/mol. The van der Waals surface area contributed by atoms with E-state index in [2.05, 4.69) is 22.0 Å². The van der Waals surface area contributed by atoms with E-state index in [4.69, 9.17) is 15.5 Å². The first-order valence-electron chi connectivity index (χ1n) is 9.28. The topological polar surface area (TPSA) is 101 Å². The molecule has 1 aliphatic heterocycles. The summed E-state index contributed by atoms with van der Waals surface area (Å²) in [5.74, 6) is -0.522. The summed E-state index contributed by atoms with van der Waals surface area (Å²) in [6.07, 6.45) is 0.806. The number of aromatic amines is 1. The molecule has 1 fully saturated rings. The highest BCUT2D eigenvalue weighted by Crippen LogP contribution is 2.34. The number of nitrogens with zero attached hydrogens (tertiary/aromatic N) is 2. The van der Waals surface area contributed by atoms with Gasteiger partial charge in [0.15, 0.2) is 6.29 Å². The minimum absolute atomic E-state index is 0.384. The van der Waals surface area contributed by atoms with Crippen molar-refractivity contribution in [2.24, 2.45) is 5.73 Å². The molecule has 1 aromatic carbocycles. The second-order valence-corrected chi connectivity index (χ2v) is 8.03. The number of rotatable bonds is 4. The minimum atomic E-state index is -0.522. The number of pyridine rings is 1. The lowest BCUT2D eigenvalue weighted by Gasteiger charge is -2.28. The van der Waals surface area contributed by atoms with Gasteiger partial charge in [0, 0.05) is 24.2 Å². The molecule has 0 atom stereocenters. The van der Waals surface area contributed by atoms with Crippen LogP contribution in [0.2, 0.25) is 0 Å². The lowest BCUT2D eigenvalue weighted by Crippen LogP contribution is -2.36. The Hall–Kier alpha value is -3.23. The normalized spacial score (nSPS) is 14.6. The highest BCUT2D eigenvalue weighted by Gasteiger charge is 2.18. The van der Waals surface area contributed by atoms with E-state index in [0.29, 0.717) is 40.4 Å². The van der Waals surface area contributed by atoms with Gasteiger partial charge in [0.1, 0.15) is 0 Å². The summed E-state index contributed by atoms with van der Waals surface area (Å²) in [4.78, 5) is 35.0. The fraction of sp³-hybridized carbons (Fsp3) is 0.190. The Morgan fingerprint density at radius 2 is 2.03 bits per heavy atom. The predicted octanol–water partition coefficient (Wildman–Crippen LogP) is 3.19. The molecule has 0 unspecified atom stereocenters. The van der Waals surface area contributed by atoms with E-state index < -0.39 is 5.91 Å². The van der Waals surface area contributed by atoms with Crippen LogP contribution >= 0.6 is 11.3 Å². The van der Waals surface area contributed by atoms with Crippen LogP contribution in [0.1, 0.15) is 20.0 Å². The van der Waals surface area contributed by atoms with Crippen LogP contribution in [-0.2, 0) is 4.74 Å². The van der Waals surface area contributed by atoms with Gasteiger partial charge in [0.05, 0.1) is 50.8 Å². The Kier molecular flexibility index (Phi) is 4.30. The lowest BCUT2D eigenvalue weighted by molar-refractivity contribution is 0.100. The number of morpholine rings is 1. The van der Waals surface area contributed by atoms with Gasteiger partial charge in [0.25, 0.3) is 5.91 Å². The maximum atomic E-state index is 12.2. The van der Waals surface area contributed by atoms with Crippen molar-refractivity contribution in [3.8, 4) is 10.6 Å². The highest BCUT2D eigenvalue weighted by atomic mass is 32.1. The van der Waals surface area contributed by atoms with Gasteiger partial charge in [-0.2, -0.15) is 0 Å². The van der Waals surface area contributed by atoms with Gasteiger partial charge >= 0.3 is 0 Å². The second kappa shape index (κ2) is 6.98. The molecule has 8 heteroatoms. The molecular formula is C21H18N4O3S. The van der Waals surface area contributed by atoms with Crippen LogP contribution in [0.15, 0.2) is 36.4 Å². The largest absolute Gasteiger partial charge is 0.378 e. The first kappa shape index (κ1) is 17.8. The number of ether oxygens (including phenoxy) is 1. The van der Waals surface area contributed by atoms with E-state index in [1.807, 2.05) is 12.1 Å². The quantitative estimate of drug-likeness (QED) is 0.507. The van der Waals surface area contributed by atoms with Gasteiger partial charge in [-0.15, -0.1) is 11.3 Å². The van der Waals surface area contributed by atoms with Crippen LogP contribution in [0.25, 0.3) is 32.5 Å². The van der Waals surface area contributed by atoms with Crippen molar-refractivity contribution >= 4 is 51.2 Å². The first-order chi connectivity index (χ1) is 14.1. The number of carbonyl (C=O) groups excluding carboxylic acids is 2. The third-order valence-electron chi connectivity index (χ3n) is 5.17. The second-order valence-electron chi connectivity index (χ2n) is 6.92. The van der Waals surface area contributed by atoms with Crippen LogP contribution < -0.4 is 10.6 Å². The van der Waals surface area contributed by atoms with E-state index >= 15 is 0 Å². The summed E-state index contributed by atoms with van der Waals surface area (Å²) in [6, 6.07) is 11.4. The van der Waals surface area contributed by atoms with Crippen molar-refractivity contribution in [3.05, 3.63) is 46.8 Å². The maximum Gasteiger partial charge on any atom is 0.250 e. The highest BCUT2D eigenvalue weighted by molar-refractivity contribution is 7.17. The molecule has 3 aromatic heterocycles. The van der Waals surface area contributed by atoms with Crippen LogP contribution in [0.4, 0.5) is 5.69 Å². The summed E-state index contributed by atoms with van der Waals surface area (Å²) in [5.41, 5.74) is 10.00. The molecule has 0 aliphatic carbocycles. The van der Waals surface area contributed by atoms with Crippen molar-refractivity contribution in [2.45, 2.75) is 0 Å². The Morgan fingerprint density at radius 3 is 2.76 bits per heavy atom. The number of primary amides is 1. The van der Waals surface area contributed by atoms with Crippen LogP contribution in [0, 0.1) is 0 Å². The number of hydrogen-bond donors (Lipinski definition) is 2. The number of H-pyrrole nitrogens is 1. The third kappa shape index (κ3) is 3.06. The number of thiophene rings is 1. The minimum Gasteiger partial charge on any atom is -0.378 e. The van der Waals surface area contributed by atoms with Gasteiger partial charge in [-0.25, -0.2) is 4.98 Å². The number of aldehydes is 1. The smallest absolute Gasteiger partial charge is 0.250 e. The molecule has 146 valence electrons. The summed E-state index contributed by atoms with van der Waals surface area (Å²) < 4.78 is 5.43. The van der Waals surface area contributed by atoms with Gasteiger partial charge in [-0.3, -0.25) is 9.59 Å². The molecule has 29 heavy (non-hydrogen) atoms. The molecule has 0 bridgehead atoms. The molecule has 1 aliphatic rings. The molecule has 4 aromatic rings. The Balaban J connectivity index is 1.69. The summed E-state index contributed by atoms with van der Waals surface area (Å²) in [5, 5.41) is 0.925. The van der Waals surface area contributed by atoms with E-state index in [9.17, 15) is 9.59 Å². The number of nitrogens with one attached hydrogen (secondary N) is 1. The van der Waals surface area contributed by atoms with E-state index in [-0.39, 0.29) is 0 Å². The molecule has 5 rings (SSSR count). The SMILES string of the molecule is NC(=O)c1cc(-c2ccc(C=O)s2)nc2c1[nH]c1cc(N3CCOCC3)ccc12. The fourth-order valence-electron chi connectivity index (χ4n) is 3.74. The van der Waals surface area contributed by atoms with Gasteiger partial charge in [0.2, 0.25) is 0 Å². The molecule has 4 heterocycles. The number of carbonyl (C=O) groups is 2. The lowest BCUT2D eigenvalue weighted by atomic mass is 10.1. The average Bonchev–Trinajstić information content (AvgIpc) is 3.37. The summed E-state index contributed by atoms with van der Waals surface area (Å²) in [7, 11) is 0. The van der Waals surface area contributed by atoms with Gasteiger partial charge in [-0.05, 0) is 36.4 Å². The van der Waals surface area contributed by atoms with Crippen molar-refractivity contribution in [1.29, 1.82) is 0 Å². The van der Waals surface area contributed by atoms with Gasteiger partial charge in [-0.1, -0.05) is 0 Å². The summed E-state index contributed by atoms with van der Waals surface area (Å²) in [6.45, 7) is 3.12. The summed E-state index contributed by atoms with van der Waals surface area (Å²) >= 11 is 1.33. The van der Waals surface area contributed by atoms with E-state index in [1.165, 1.54) is 11.3 Å². The third-order valence-corrected chi connectivity index (χ3v) is 6.21. The molecular weight excluding hydrogens is 388 g/mol. The van der Waals surface area contributed by atoms with Crippen LogP contribution in [0.5, 0.6) is 0 Å². The van der Waals surface area contributed by atoms with E-state index in [1.54, 1.807) is 12.1 Å². The van der Waals surface area contributed by atoms with Gasteiger partial charge < -0.3 is 20.4 Å². The van der Waals surface area contributed by atoms with Crippen LogP contribution in [0.3, 0.4) is 0 Å². The van der Waals surface area contributed by atoms with Crippen molar-refractivity contribution < 1.29 is 14.3 Å². The molecule has 0 radical (unpaired) electrons. The van der Waals surface area contributed by atoms with E-state index in [0.717, 1.165) is 40.8 Å². The zero-order chi connectivity index (χ0) is 20.0. The zero-order valence-electron chi connectivity index (χ0n) is 15.5. The Labute approximate surface area is 170 Å². The van der Waals surface area contributed by atoms with Crippen molar-refractivity contribution in [1.82, 2.24) is 9.97 Å². The molecule has 3 N–H and O–H groups in total. The zero-order valence-corrected chi connectivity index (χ0v) is 16.3. The number of anilines is 1. The Morgan fingerprint density at radius 1 is 1.21 bits per heavy atom. The fourth-order valence-corrected chi connectivity index (χ4v) is 4.52. The number of hydrogen-bond acceptors (Lipinski definition) is 6. The molecule has 1 saturated heterocycles. The average molecular weight is 406 g/mol. The molecule has 1 amide bonds. The molecule has 7 nitrogen and oxygen atoms in total. The first-order valence-corrected chi connectivity index (χ1v) is 10.1. The maximum absolute atomic E-state index is 12.2. The van der Waals surface area contributed by atoms with Crippen molar-refractivity contribution in [3.63, 3.8) is 0 Å². The number of nitrogens with two attached hydrogens (primary N) is 1. The standard InChI is InChI=1S/C21H18N4O3S/c22-21(27)15-10-17(18-4-2-13(11-26)29-18)24-19-14-3-1-12(9-16(14)23-20(15)19)25-5-7-28-8-6-25/h1-4,9-11,23H,5-8H2,(H2,22,27). The molecule has 0 saturated carbocycles. The molecule has 0 spiro atoms. The van der Waals surface area contributed by atoms with Crippen molar-refractivity contribution in [2.75, 3.05) is 31.2 Å². The van der Waals surface area contributed by atoms with Crippen LogP contribution in [-0.4, -0.2) is 48.5 Å². The number of fused-ring (bicyclic) bond motifs is 3. The Bertz CT molecular complexity index is 1250. The number of aromatic nitrogens is 2. The number of amides is 1. The predicted molar refractivity (Wildman–Crippen MR) is 114 cm³/mol.